The Morgan fingerprint density at radius 1 is 0.380 bits per heavy atom. The first-order valence-corrected chi connectivity index (χ1v) is 17.5. The topological polar surface area (TPSA) is 43.6 Å². The Balaban J connectivity index is 1.16. The molecular formula is C45H28N4S. The molecule has 3 aromatic heterocycles. The van der Waals surface area contributed by atoms with Gasteiger partial charge in [-0.05, 0) is 53.6 Å². The van der Waals surface area contributed by atoms with Gasteiger partial charge in [0.2, 0.25) is 0 Å². The Kier molecular flexibility index (Phi) is 6.64. The highest BCUT2D eigenvalue weighted by Gasteiger charge is 2.18. The molecule has 5 heteroatoms. The molecule has 0 saturated carbocycles. The summed E-state index contributed by atoms with van der Waals surface area (Å²) in [4.78, 5) is 15.3. The molecule has 0 aliphatic carbocycles. The number of benzene rings is 7. The number of fused-ring (bicyclic) bond motifs is 6. The average Bonchev–Trinajstić information content (AvgIpc) is 3.74. The molecule has 0 aliphatic rings. The normalized spacial score (nSPS) is 11.6. The molecule has 0 aliphatic heterocycles. The quantitative estimate of drug-likeness (QED) is 0.185. The average molecular weight is 657 g/mol. The van der Waals surface area contributed by atoms with Crippen LogP contribution in [0.3, 0.4) is 0 Å². The van der Waals surface area contributed by atoms with Crippen molar-refractivity contribution in [3.63, 3.8) is 0 Å². The summed E-state index contributed by atoms with van der Waals surface area (Å²) >= 11 is 1.79. The number of para-hydroxylation sites is 2. The first-order chi connectivity index (χ1) is 24.8. The van der Waals surface area contributed by atoms with Gasteiger partial charge >= 0.3 is 0 Å². The summed E-state index contributed by atoms with van der Waals surface area (Å²) in [5, 5.41) is 4.93. The van der Waals surface area contributed by atoms with E-state index in [1.807, 2.05) is 24.3 Å². The van der Waals surface area contributed by atoms with Gasteiger partial charge in [0.25, 0.3) is 0 Å². The van der Waals surface area contributed by atoms with Gasteiger partial charge < -0.3 is 4.57 Å². The summed E-state index contributed by atoms with van der Waals surface area (Å²) in [6.07, 6.45) is 0. The Morgan fingerprint density at radius 3 is 1.68 bits per heavy atom. The summed E-state index contributed by atoms with van der Waals surface area (Å²) in [5.74, 6) is 1.97. The Bertz CT molecular complexity index is 2820. The van der Waals surface area contributed by atoms with E-state index in [-0.39, 0.29) is 0 Å². The minimum Gasteiger partial charge on any atom is -0.309 e. The maximum Gasteiger partial charge on any atom is 0.165 e. The van der Waals surface area contributed by atoms with Gasteiger partial charge in [0.05, 0.1) is 11.0 Å². The van der Waals surface area contributed by atoms with Crippen molar-refractivity contribution in [1.29, 1.82) is 0 Å². The maximum absolute atomic E-state index is 5.16. The smallest absolute Gasteiger partial charge is 0.165 e. The van der Waals surface area contributed by atoms with Gasteiger partial charge in [-0.1, -0.05) is 127 Å². The van der Waals surface area contributed by atoms with Crippen LogP contribution in [0.15, 0.2) is 170 Å². The van der Waals surface area contributed by atoms with E-state index in [9.17, 15) is 0 Å². The first-order valence-electron chi connectivity index (χ1n) is 16.7. The van der Waals surface area contributed by atoms with Crippen LogP contribution in [-0.4, -0.2) is 19.5 Å². The third-order valence-corrected chi connectivity index (χ3v) is 10.7. The van der Waals surface area contributed by atoms with Crippen molar-refractivity contribution >= 4 is 53.3 Å². The Hall–Kier alpha value is -6.43. The lowest BCUT2D eigenvalue weighted by Gasteiger charge is -2.10. The van der Waals surface area contributed by atoms with E-state index in [0.717, 1.165) is 38.2 Å². The van der Waals surface area contributed by atoms with E-state index >= 15 is 0 Å². The molecule has 3 heterocycles. The van der Waals surface area contributed by atoms with E-state index < -0.39 is 0 Å². The molecular weight excluding hydrogens is 629 g/mol. The highest BCUT2D eigenvalue weighted by Crippen LogP contribution is 2.41. The van der Waals surface area contributed by atoms with Gasteiger partial charge in [0.15, 0.2) is 17.5 Å². The monoisotopic (exact) mass is 656 g/mol. The number of rotatable bonds is 5. The SMILES string of the molecule is c1ccc(-c2cccc(-c3nc(-c4ccccc4)nc(-c4cccc5c4sc4ccc(-n6c7ccccc7c7ccccc76)cc45)n3)c2)cc1. The van der Waals surface area contributed by atoms with Crippen molar-refractivity contribution in [2.24, 2.45) is 0 Å². The molecule has 10 rings (SSSR count). The third kappa shape index (κ3) is 4.71. The largest absolute Gasteiger partial charge is 0.309 e. The summed E-state index contributed by atoms with van der Waals surface area (Å²) < 4.78 is 4.77. The van der Waals surface area contributed by atoms with Crippen LogP contribution in [0.4, 0.5) is 0 Å². The molecule has 0 unspecified atom stereocenters. The van der Waals surface area contributed by atoms with E-state index in [4.69, 9.17) is 15.0 Å². The van der Waals surface area contributed by atoms with Gasteiger partial charge in [-0.15, -0.1) is 11.3 Å². The molecule has 50 heavy (non-hydrogen) atoms. The van der Waals surface area contributed by atoms with Crippen LogP contribution in [-0.2, 0) is 0 Å². The lowest BCUT2D eigenvalue weighted by atomic mass is 10.0. The zero-order valence-corrected chi connectivity index (χ0v) is 27.7. The molecule has 0 radical (unpaired) electrons. The fourth-order valence-corrected chi connectivity index (χ4v) is 8.30. The summed E-state index contributed by atoms with van der Waals surface area (Å²) in [6.45, 7) is 0. The standard InChI is InChI=1S/C45H28N4S/c1-3-13-29(14-4-1)31-17-11-18-32(27-31)44-46-43(30-15-5-2-6-16-30)47-45(48-44)37-22-12-21-36-38-28-33(25-26-41(38)50-42(36)37)49-39-23-9-7-19-34(39)35-20-8-10-24-40(35)49/h1-28H. The molecule has 0 spiro atoms. The van der Waals surface area contributed by atoms with Crippen LogP contribution in [0.1, 0.15) is 0 Å². The maximum atomic E-state index is 5.16. The fourth-order valence-electron chi connectivity index (χ4n) is 7.11. The summed E-state index contributed by atoms with van der Waals surface area (Å²) in [7, 11) is 0. The lowest BCUT2D eigenvalue weighted by molar-refractivity contribution is 1.08. The van der Waals surface area contributed by atoms with Gasteiger partial charge in [-0.25, -0.2) is 15.0 Å². The molecule has 0 amide bonds. The molecule has 0 saturated heterocycles. The second kappa shape index (κ2) is 11.6. The fraction of sp³-hybridized carbons (Fsp3) is 0. The van der Waals surface area contributed by atoms with Gasteiger partial charge in [-0.3, -0.25) is 0 Å². The van der Waals surface area contributed by atoms with Crippen molar-refractivity contribution < 1.29 is 0 Å². The van der Waals surface area contributed by atoms with E-state index in [1.54, 1.807) is 11.3 Å². The predicted molar refractivity (Wildman–Crippen MR) is 209 cm³/mol. The highest BCUT2D eigenvalue weighted by molar-refractivity contribution is 7.26. The Labute approximate surface area is 292 Å². The molecule has 0 atom stereocenters. The zero-order chi connectivity index (χ0) is 33.0. The van der Waals surface area contributed by atoms with Crippen LogP contribution < -0.4 is 0 Å². The zero-order valence-electron chi connectivity index (χ0n) is 26.9. The second-order valence-electron chi connectivity index (χ2n) is 12.5. The number of aromatic nitrogens is 4. The van der Waals surface area contributed by atoms with Crippen LogP contribution in [0.2, 0.25) is 0 Å². The van der Waals surface area contributed by atoms with Crippen LogP contribution in [0, 0.1) is 0 Å². The lowest BCUT2D eigenvalue weighted by Crippen LogP contribution is -2.00. The van der Waals surface area contributed by atoms with E-state index in [2.05, 4.69) is 150 Å². The number of hydrogen-bond acceptors (Lipinski definition) is 4. The molecule has 0 N–H and O–H groups in total. The number of thiophene rings is 1. The third-order valence-electron chi connectivity index (χ3n) is 9.45. The first kappa shape index (κ1) is 28.6. The molecule has 7 aromatic carbocycles. The highest BCUT2D eigenvalue weighted by atomic mass is 32.1. The van der Waals surface area contributed by atoms with Gasteiger partial charge in [-0.2, -0.15) is 0 Å². The van der Waals surface area contributed by atoms with Gasteiger partial charge in [0, 0.05) is 53.3 Å². The van der Waals surface area contributed by atoms with Crippen LogP contribution >= 0.6 is 11.3 Å². The molecule has 234 valence electrons. The van der Waals surface area contributed by atoms with Crippen LogP contribution in [0.5, 0.6) is 0 Å². The predicted octanol–water partition coefficient (Wildman–Crippen LogP) is 12.0. The minimum atomic E-state index is 0.651. The van der Waals surface area contributed by atoms with Crippen molar-refractivity contribution in [1.82, 2.24) is 19.5 Å². The van der Waals surface area contributed by atoms with Crippen molar-refractivity contribution in [3.8, 4) is 51.0 Å². The number of hydrogen-bond donors (Lipinski definition) is 0. The summed E-state index contributed by atoms with van der Waals surface area (Å²) in [5.41, 5.74) is 8.74. The van der Waals surface area contributed by atoms with Crippen LogP contribution in [0.25, 0.3) is 93.0 Å². The van der Waals surface area contributed by atoms with E-state index in [1.165, 1.54) is 37.3 Å². The Morgan fingerprint density at radius 2 is 0.940 bits per heavy atom. The molecule has 4 nitrogen and oxygen atoms in total. The number of nitrogens with zero attached hydrogens (tertiary/aromatic N) is 4. The molecule has 0 fully saturated rings. The minimum absolute atomic E-state index is 0.651. The van der Waals surface area contributed by atoms with Crippen molar-refractivity contribution in [2.45, 2.75) is 0 Å². The second-order valence-corrected chi connectivity index (χ2v) is 13.5. The van der Waals surface area contributed by atoms with E-state index in [0.29, 0.717) is 17.5 Å². The van der Waals surface area contributed by atoms with Crippen molar-refractivity contribution in [2.75, 3.05) is 0 Å². The van der Waals surface area contributed by atoms with Crippen molar-refractivity contribution in [3.05, 3.63) is 170 Å². The molecule has 0 bridgehead atoms. The molecule has 10 aromatic rings. The van der Waals surface area contributed by atoms with Gasteiger partial charge in [0.1, 0.15) is 0 Å². The summed E-state index contributed by atoms with van der Waals surface area (Å²) in [6, 6.07) is 59.7.